The second kappa shape index (κ2) is 17.5. The number of fused-ring (bicyclic) bond motifs is 1. The summed E-state index contributed by atoms with van der Waals surface area (Å²) in [4.78, 5) is 2.38. The molecule has 9 heteroatoms. The molecule has 2 aromatic rings. The average Bonchev–Trinajstić information content (AvgIpc) is 3.01. The minimum Gasteiger partial charge on any atom is -0.494 e. The molecule has 0 aromatic heterocycles. The number of hydrogen-bond acceptors (Lipinski definition) is 9. The van der Waals surface area contributed by atoms with Gasteiger partial charge in [-0.3, -0.25) is 0 Å². The summed E-state index contributed by atoms with van der Waals surface area (Å²) in [5, 5.41) is 3.54. The highest BCUT2D eigenvalue weighted by Crippen LogP contribution is 2.35. The van der Waals surface area contributed by atoms with Gasteiger partial charge in [0.05, 0.1) is 37.7 Å². The van der Waals surface area contributed by atoms with E-state index in [1.807, 2.05) is 12.1 Å². The van der Waals surface area contributed by atoms with E-state index in [1.54, 1.807) is 21.3 Å². The van der Waals surface area contributed by atoms with Crippen LogP contribution in [-0.2, 0) is 30.3 Å². The van der Waals surface area contributed by atoms with Crippen molar-refractivity contribution in [3.05, 3.63) is 53.6 Å². The van der Waals surface area contributed by atoms with Crippen molar-refractivity contribution >= 4 is 5.69 Å². The molecule has 1 N–H and O–H groups in total. The number of nitrogens with zero attached hydrogens (tertiary/aromatic N) is 1. The lowest BCUT2D eigenvalue weighted by atomic mass is 9.85. The molecule has 3 atom stereocenters. The molecule has 1 saturated heterocycles. The Kier molecular flexibility index (Phi) is 13.5. The smallest absolute Gasteiger partial charge is 0.142 e. The van der Waals surface area contributed by atoms with Crippen LogP contribution in [0.1, 0.15) is 36.3 Å². The fourth-order valence-corrected chi connectivity index (χ4v) is 5.48. The van der Waals surface area contributed by atoms with Crippen LogP contribution in [0, 0.1) is 0 Å². The molecule has 0 bridgehead atoms. The lowest BCUT2D eigenvalue weighted by molar-refractivity contribution is -0.0622. The van der Waals surface area contributed by atoms with E-state index in [2.05, 4.69) is 40.5 Å². The van der Waals surface area contributed by atoms with Crippen molar-refractivity contribution in [3.63, 3.8) is 0 Å². The Bertz CT molecular complexity index is 1010. The number of piperidine rings is 1. The van der Waals surface area contributed by atoms with Gasteiger partial charge in [-0.25, -0.2) is 0 Å². The minimum atomic E-state index is -0.0465. The van der Waals surface area contributed by atoms with Crippen LogP contribution in [0.2, 0.25) is 0 Å². The molecule has 2 aliphatic rings. The van der Waals surface area contributed by atoms with Crippen LogP contribution in [-0.4, -0.2) is 99.4 Å². The Morgan fingerprint density at radius 2 is 1.51 bits per heavy atom. The van der Waals surface area contributed by atoms with E-state index in [9.17, 15) is 0 Å². The van der Waals surface area contributed by atoms with Crippen molar-refractivity contribution in [1.82, 2.24) is 5.32 Å². The van der Waals surface area contributed by atoms with Crippen molar-refractivity contribution < 1.29 is 33.2 Å². The Labute approximate surface area is 245 Å². The third-order valence-electron chi connectivity index (χ3n) is 7.57. The maximum atomic E-state index is 6.65. The maximum absolute atomic E-state index is 6.65. The standard InChI is InChI=1S/C32H48N2O7/c1-35-15-4-13-34-14-20-40-29-12-7-25(21-28(29)34)24-41-31-23-33-22-30(39-19-6-17-37-3)32(31)26-8-10-27(11-9-26)38-18-5-16-36-2/h7-12,21,30-33H,4-6,13-20,22-24H2,1-3H3/t30-,31?,32+/m1/s1. The maximum Gasteiger partial charge on any atom is 0.142 e. The fraction of sp³-hybridized carbons (Fsp3) is 0.625. The number of ether oxygens (including phenoxy) is 7. The third kappa shape index (κ3) is 9.56. The first-order valence-corrected chi connectivity index (χ1v) is 14.9. The molecule has 228 valence electrons. The van der Waals surface area contributed by atoms with E-state index in [1.165, 1.54) is 5.56 Å². The largest absolute Gasteiger partial charge is 0.494 e. The van der Waals surface area contributed by atoms with E-state index in [-0.39, 0.29) is 18.1 Å². The molecule has 2 aromatic carbocycles. The SMILES string of the molecule is COCCCOc1ccc([C@@H]2C(OCc3ccc4c(c3)N(CCCOC)CCO4)CNC[C@H]2OCCCOC)cc1. The first kappa shape index (κ1) is 31.5. The van der Waals surface area contributed by atoms with Crippen molar-refractivity contribution in [2.75, 3.05) is 92.0 Å². The minimum absolute atomic E-state index is 0.00714. The molecular weight excluding hydrogens is 524 g/mol. The highest BCUT2D eigenvalue weighted by molar-refractivity contribution is 5.61. The predicted molar refractivity (Wildman–Crippen MR) is 159 cm³/mol. The molecule has 0 spiro atoms. The molecule has 0 saturated carbocycles. The first-order chi connectivity index (χ1) is 20.2. The molecule has 9 nitrogen and oxygen atoms in total. The zero-order valence-electron chi connectivity index (χ0n) is 25.0. The van der Waals surface area contributed by atoms with Crippen LogP contribution in [0.5, 0.6) is 11.5 Å². The number of anilines is 1. The van der Waals surface area contributed by atoms with Gasteiger partial charge in [-0.2, -0.15) is 0 Å². The lowest BCUT2D eigenvalue weighted by Gasteiger charge is -2.39. The molecule has 0 aliphatic carbocycles. The van der Waals surface area contributed by atoms with Crippen LogP contribution in [0.4, 0.5) is 5.69 Å². The number of rotatable bonds is 18. The van der Waals surface area contributed by atoms with Gasteiger partial charge < -0.3 is 43.4 Å². The van der Waals surface area contributed by atoms with Crippen LogP contribution in [0.3, 0.4) is 0 Å². The molecule has 0 amide bonds. The summed E-state index contributed by atoms with van der Waals surface area (Å²) in [6.07, 6.45) is 2.65. The molecule has 0 radical (unpaired) electrons. The fourth-order valence-electron chi connectivity index (χ4n) is 5.48. The van der Waals surface area contributed by atoms with Crippen LogP contribution >= 0.6 is 0 Å². The van der Waals surface area contributed by atoms with Gasteiger partial charge in [-0.15, -0.1) is 0 Å². The topological polar surface area (TPSA) is 79.9 Å². The molecule has 2 heterocycles. The number of benzene rings is 2. The lowest BCUT2D eigenvalue weighted by Crippen LogP contribution is -2.50. The second-order valence-electron chi connectivity index (χ2n) is 10.5. The normalized spacial score (nSPS) is 20.5. The van der Waals surface area contributed by atoms with Gasteiger partial charge in [-0.1, -0.05) is 18.2 Å². The average molecular weight is 573 g/mol. The van der Waals surface area contributed by atoms with Gasteiger partial charge in [0.1, 0.15) is 18.1 Å². The van der Waals surface area contributed by atoms with Gasteiger partial charge in [0.2, 0.25) is 0 Å². The van der Waals surface area contributed by atoms with E-state index in [0.29, 0.717) is 39.6 Å². The highest BCUT2D eigenvalue weighted by Gasteiger charge is 2.36. The van der Waals surface area contributed by atoms with Crippen molar-refractivity contribution in [3.8, 4) is 11.5 Å². The Morgan fingerprint density at radius 3 is 2.27 bits per heavy atom. The quantitative estimate of drug-likeness (QED) is 0.266. The molecule has 2 aliphatic heterocycles. The Hall–Kier alpha value is -2.40. The summed E-state index contributed by atoms with van der Waals surface area (Å²) in [6.45, 7) is 7.98. The summed E-state index contributed by atoms with van der Waals surface area (Å²) < 4.78 is 40.5. The zero-order chi connectivity index (χ0) is 28.7. The van der Waals surface area contributed by atoms with E-state index >= 15 is 0 Å². The zero-order valence-corrected chi connectivity index (χ0v) is 25.0. The third-order valence-corrected chi connectivity index (χ3v) is 7.57. The summed E-state index contributed by atoms with van der Waals surface area (Å²) in [5.74, 6) is 1.89. The van der Waals surface area contributed by atoms with Crippen LogP contribution in [0.25, 0.3) is 0 Å². The molecule has 1 unspecified atom stereocenters. The van der Waals surface area contributed by atoms with Gasteiger partial charge in [-0.05, 0) is 48.2 Å². The van der Waals surface area contributed by atoms with E-state index in [0.717, 1.165) is 74.8 Å². The Morgan fingerprint density at radius 1 is 0.805 bits per heavy atom. The first-order valence-electron chi connectivity index (χ1n) is 14.9. The highest BCUT2D eigenvalue weighted by atomic mass is 16.5. The molecule has 41 heavy (non-hydrogen) atoms. The molecular formula is C32H48N2O7. The van der Waals surface area contributed by atoms with Crippen molar-refractivity contribution in [2.24, 2.45) is 0 Å². The van der Waals surface area contributed by atoms with Gasteiger partial charge in [0, 0.05) is 79.7 Å². The summed E-state index contributed by atoms with van der Waals surface area (Å²) >= 11 is 0. The monoisotopic (exact) mass is 572 g/mol. The predicted octanol–water partition coefficient (Wildman–Crippen LogP) is 4.03. The van der Waals surface area contributed by atoms with E-state index in [4.69, 9.17) is 33.2 Å². The summed E-state index contributed by atoms with van der Waals surface area (Å²) in [5.41, 5.74) is 3.46. The van der Waals surface area contributed by atoms with Crippen molar-refractivity contribution in [2.45, 2.75) is 44.0 Å². The number of nitrogens with one attached hydrogen (secondary N) is 1. The second-order valence-corrected chi connectivity index (χ2v) is 10.5. The number of methoxy groups -OCH3 is 3. The summed E-state index contributed by atoms with van der Waals surface area (Å²) in [6, 6.07) is 14.8. The van der Waals surface area contributed by atoms with Crippen LogP contribution in [0.15, 0.2) is 42.5 Å². The van der Waals surface area contributed by atoms with Gasteiger partial charge in [0.25, 0.3) is 0 Å². The van der Waals surface area contributed by atoms with Crippen LogP contribution < -0.4 is 19.7 Å². The van der Waals surface area contributed by atoms with Crippen molar-refractivity contribution in [1.29, 1.82) is 0 Å². The molecule has 4 rings (SSSR count). The molecule has 1 fully saturated rings. The van der Waals surface area contributed by atoms with Gasteiger partial charge in [0.15, 0.2) is 0 Å². The van der Waals surface area contributed by atoms with Gasteiger partial charge >= 0.3 is 0 Å². The summed E-state index contributed by atoms with van der Waals surface area (Å²) in [7, 11) is 5.18. The van der Waals surface area contributed by atoms with E-state index < -0.39 is 0 Å². The number of hydrogen-bond donors (Lipinski definition) is 1. The Balaban J connectivity index is 1.44.